The van der Waals surface area contributed by atoms with Crippen LogP contribution in [0.25, 0.3) is 10.8 Å². The van der Waals surface area contributed by atoms with Crippen LogP contribution < -0.4 is 16.2 Å². The van der Waals surface area contributed by atoms with E-state index in [9.17, 15) is 9.59 Å². The van der Waals surface area contributed by atoms with Gasteiger partial charge in [-0.2, -0.15) is 10.1 Å². The van der Waals surface area contributed by atoms with Crippen molar-refractivity contribution in [3.63, 3.8) is 0 Å². The minimum Gasteiger partial charge on any atom is -0.379 e. The van der Waals surface area contributed by atoms with E-state index in [1.807, 2.05) is 18.2 Å². The fourth-order valence-electron chi connectivity index (χ4n) is 3.50. The van der Waals surface area contributed by atoms with Crippen LogP contribution in [0.2, 0.25) is 0 Å². The zero-order chi connectivity index (χ0) is 22.2. The number of aromatic amines is 1. The Balaban J connectivity index is 1.13. The maximum Gasteiger partial charge on any atom is 0.272 e. The van der Waals surface area contributed by atoms with Crippen LogP contribution in [0, 0.1) is 0 Å². The van der Waals surface area contributed by atoms with E-state index in [0.717, 1.165) is 31.7 Å². The molecule has 1 aromatic carbocycles. The normalized spacial score (nSPS) is 14.5. The summed E-state index contributed by atoms with van der Waals surface area (Å²) in [5.41, 5.74) is -0.215. The van der Waals surface area contributed by atoms with E-state index in [-0.39, 0.29) is 11.5 Å². The molecule has 0 saturated carbocycles. The third-order valence-electron chi connectivity index (χ3n) is 5.21. The molecule has 0 radical (unpaired) electrons. The number of nitrogens with zero attached hydrogens (tertiary/aromatic N) is 4. The Morgan fingerprint density at radius 1 is 1.16 bits per heavy atom. The van der Waals surface area contributed by atoms with Crippen molar-refractivity contribution in [2.24, 2.45) is 0 Å². The number of aromatic nitrogens is 4. The van der Waals surface area contributed by atoms with Gasteiger partial charge in [-0.15, -0.1) is 0 Å². The third-order valence-corrected chi connectivity index (χ3v) is 5.21. The molecule has 0 aliphatic carbocycles. The lowest BCUT2D eigenvalue weighted by Gasteiger charge is -2.24. The number of H-pyrrole nitrogens is 1. The molecule has 1 saturated heterocycles. The maximum absolute atomic E-state index is 12.1. The molecule has 170 valence electrons. The summed E-state index contributed by atoms with van der Waals surface area (Å²) in [5, 5.41) is 18.0. The number of morpholine rings is 1. The Kier molecular flexibility index (Phi) is 7.41. The standard InChI is InChI=1S/C21H27N7O4/c29-18(6-7-19-24-17(27-32-19)14-28-10-12-31-13-11-28)22-8-3-9-23-20-15-4-1-2-5-16(15)21(30)26-25-20/h1-2,4-5H,3,6-14H2,(H,22,29)(H,23,25)(H,26,30). The number of nitrogens with one attached hydrogen (secondary N) is 3. The Labute approximate surface area is 184 Å². The molecule has 11 nitrogen and oxygen atoms in total. The van der Waals surface area contributed by atoms with Gasteiger partial charge in [-0.25, -0.2) is 5.10 Å². The lowest BCUT2D eigenvalue weighted by molar-refractivity contribution is -0.121. The summed E-state index contributed by atoms with van der Waals surface area (Å²) in [6.07, 6.45) is 1.41. The van der Waals surface area contributed by atoms with Gasteiger partial charge in [0.05, 0.1) is 25.1 Å². The largest absolute Gasteiger partial charge is 0.379 e. The number of carbonyl (C=O) groups excluding carboxylic acids is 1. The molecule has 1 aliphatic heterocycles. The third kappa shape index (κ3) is 5.89. The molecule has 32 heavy (non-hydrogen) atoms. The van der Waals surface area contributed by atoms with Crippen molar-refractivity contribution in [3.8, 4) is 0 Å². The molecule has 1 fully saturated rings. The zero-order valence-electron chi connectivity index (χ0n) is 17.8. The van der Waals surface area contributed by atoms with E-state index in [4.69, 9.17) is 9.26 Å². The van der Waals surface area contributed by atoms with Crippen molar-refractivity contribution in [1.82, 2.24) is 30.6 Å². The van der Waals surface area contributed by atoms with E-state index in [1.165, 1.54) is 0 Å². The number of benzene rings is 1. The number of anilines is 1. The van der Waals surface area contributed by atoms with Crippen LogP contribution in [-0.4, -0.2) is 70.5 Å². The van der Waals surface area contributed by atoms with Crippen molar-refractivity contribution < 1.29 is 14.1 Å². The van der Waals surface area contributed by atoms with E-state index in [1.54, 1.807) is 6.07 Å². The fourth-order valence-corrected chi connectivity index (χ4v) is 3.50. The number of rotatable bonds is 10. The maximum atomic E-state index is 12.1. The minimum atomic E-state index is -0.215. The molecule has 11 heteroatoms. The predicted octanol–water partition coefficient (Wildman–Crippen LogP) is 0.689. The molecule has 3 heterocycles. The summed E-state index contributed by atoms with van der Waals surface area (Å²) in [6.45, 7) is 4.92. The predicted molar refractivity (Wildman–Crippen MR) is 117 cm³/mol. The molecule has 3 aromatic rings. The Morgan fingerprint density at radius 3 is 2.81 bits per heavy atom. The highest BCUT2D eigenvalue weighted by atomic mass is 16.5. The first-order chi connectivity index (χ1) is 15.7. The second-order valence-electron chi connectivity index (χ2n) is 7.57. The smallest absolute Gasteiger partial charge is 0.272 e. The van der Waals surface area contributed by atoms with E-state index < -0.39 is 0 Å². The van der Waals surface area contributed by atoms with Gasteiger partial charge in [0.1, 0.15) is 0 Å². The molecule has 0 spiro atoms. The van der Waals surface area contributed by atoms with Crippen molar-refractivity contribution in [3.05, 3.63) is 46.3 Å². The number of hydrogen-bond acceptors (Lipinski definition) is 9. The average Bonchev–Trinajstić information content (AvgIpc) is 3.27. The molecule has 0 unspecified atom stereocenters. The summed E-state index contributed by atoms with van der Waals surface area (Å²) < 4.78 is 10.6. The highest BCUT2D eigenvalue weighted by Crippen LogP contribution is 2.16. The van der Waals surface area contributed by atoms with Crippen LogP contribution in [0.4, 0.5) is 5.82 Å². The van der Waals surface area contributed by atoms with Gasteiger partial charge in [-0.05, 0) is 12.5 Å². The van der Waals surface area contributed by atoms with Crippen LogP contribution in [-0.2, 0) is 22.5 Å². The van der Waals surface area contributed by atoms with Gasteiger partial charge >= 0.3 is 0 Å². The molecule has 1 amide bonds. The lowest BCUT2D eigenvalue weighted by Crippen LogP contribution is -2.35. The summed E-state index contributed by atoms with van der Waals surface area (Å²) in [5.74, 6) is 1.67. The molecular weight excluding hydrogens is 414 g/mol. The lowest BCUT2D eigenvalue weighted by atomic mass is 10.2. The highest BCUT2D eigenvalue weighted by Gasteiger charge is 2.15. The number of hydrogen-bond donors (Lipinski definition) is 3. The SMILES string of the molecule is O=C(CCc1nc(CN2CCOCC2)no1)NCCCNc1n[nH]c(=O)c2ccccc12. The molecular formula is C21H27N7O4. The van der Waals surface area contributed by atoms with E-state index in [2.05, 4.69) is 35.9 Å². The van der Waals surface area contributed by atoms with Gasteiger partial charge < -0.3 is 19.9 Å². The minimum absolute atomic E-state index is 0.0643. The number of carbonyl (C=O) groups is 1. The van der Waals surface area contributed by atoms with Crippen LogP contribution >= 0.6 is 0 Å². The van der Waals surface area contributed by atoms with Crippen molar-refractivity contribution >= 4 is 22.5 Å². The molecule has 3 N–H and O–H groups in total. The topological polar surface area (TPSA) is 138 Å². The monoisotopic (exact) mass is 441 g/mol. The second kappa shape index (κ2) is 10.8. The van der Waals surface area contributed by atoms with Gasteiger partial charge in [0, 0.05) is 44.4 Å². The van der Waals surface area contributed by atoms with Crippen LogP contribution in [0.5, 0.6) is 0 Å². The van der Waals surface area contributed by atoms with E-state index in [0.29, 0.717) is 61.8 Å². The van der Waals surface area contributed by atoms with Crippen LogP contribution in [0.3, 0.4) is 0 Å². The summed E-state index contributed by atoms with van der Waals surface area (Å²) in [4.78, 5) is 30.5. The van der Waals surface area contributed by atoms with Crippen molar-refractivity contribution in [1.29, 1.82) is 0 Å². The van der Waals surface area contributed by atoms with Crippen LogP contribution in [0.1, 0.15) is 24.6 Å². The average molecular weight is 441 g/mol. The fraction of sp³-hybridized carbons (Fsp3) is 0.476. The summed E-state index contributed by atoms with van der Waals surface area (Å²) in [6, 6.07) is 7.29. The summed E-state index contributed by atoms with van der Waals surface area (Å²) >= 11 is 0. The highest BCUT2D eigenvalue weighted by molar-refractivity contribution is 5.90. The zero-order valence-corrected chi connectivity index (χ0v) is 17.8. The first-order valence-corrected chi connectivity index (χ1v) is 10.8. The first-order valence-electron chi connectivity index (χ1n) is 10.8. The van der Waals surface area contributed by atoms with Gasteiger partial charge in [-0.1, -0.05) is 23.4 Å². The molecule has 0 atom stereocenters. The van der Waals surface area contributed by atoms with Crippen molar-refractivity contribution in [2.45, 2.75) is 25.8 Å². The first kappa shape index (κ1) is 21.9. The molecule has 1 aliphatic rings. The number of aryl methyl sites for hydroxylation is 1. The number of amides is 1. The number of ether oxygens (including phenoxy) is 1. The summed E-state index contributed by atoms with van der Waals surface area (Å²) in [7, 11) is 0. The van der Waals surface area contributed by atoms with E-state index >= 15 is 0 Å². The van der Waals surface area contributed by atoms with Crippen LogP contribution in [0.15, 0.2) is 33.6 Å². The van der Waals surface area contributed by atoms with Crippen molar-refractivity contribution in [2.75, 3.05) is 44.7 Å². The molecule has 0 bridgehead atoms. The Hall–Kier alpha value is -3.31. The van der Waals surface area contributed by atoms with Gasteiger partial charge in [0.2, 0.25) is 11.8 Å². The van der Waals surface area contributed by atoms with Gasteiger partial charge in [-0.3, -0.25) is 14.5 Å². The molecule has 2 aromatic heterocycles. The Bertz CT molecular complexity index is 1090. The quantitative estimate of drug-likeness (QED) is 0.388. The Morgan fingerprint density at radius 2 is 1.97 bits per heavy atom. The molecule has 4 rings (SSSR count). The second-order valence-corrected chi connectivity index (χ2v) is 7.57. The number of fused-ring (bicyclic) bond motifs is 1. The van der Waals surface area contributed by atoms with Gasteiger partial charge in [0.25, 0.3) is 5.56 Å². The van der Waals surface area contributed by atoms with Gasteiger partial charge in [0.15, 0.2) is 11.6 Å².